The van der Waals surface area contributed by atoms with Gasteiger partial charge in [0.05, 0.1) is 5.69 Å². The molecule has 2 radical (unpaired) electrons. The van der Waals surface area contributed by atoms with E-state index in [0.717, 1.165) is 11.3 Å². The van der Waals surface area contributed by atoms with Crippen molar-refractivity contribution in [3.8, 4) is 0 Å². The molecule has 1 aromatic rings. The monoisotopic (exact) mass is 146 g/mol. The van der Waals surface area contributed by atoms with Crippen LogP contribution >= 0.6 is 0 Å². The van der Waals surface area contributed by atoms with Gasteiger partial charge in [-0.2, -0.15) is 0 Å². The quantitative estimate of drug-likeness (QED) is 0.444. The van der Waals surface area contributed by atoms with Gasteiger partial charge >= 0.3 is 0 Å². The summed E-state index contributed by atoms with van der Waals surface area (Å²) in [7, 11) is 7.49. The van der Waals surface area contributed by atoms with Crippen molar-refractivity contribution in [2.45, 2.75) is 6.92 Å². The van der Waals surface area contributed by atoms with Gasteiger partial charge in [-0.05, 0) is 18.6 Å². The van der Waals surface area contributed by atoms with E-state index in [1.807, 2.05) is 19.1 Å². The molecule has 0 atom stereocenters. The zero-order valence-corrected chi connectivity index (χ0v) is 6.81. The fraction of sp³-hybridized carbons (Fsp3) is 0.250. The summed E-state index contributed by atoms with van der Waals surface area (Å²) in [6, 6.07) is 3.78. The Balaban J connectivity index is 3.25. The number of rotatable bonds is 1. The topological polar surface area (TPSA) is 38.0 Å². The lowest BCUT2D eigenvalue weighted by Crippen LogP contribution is -2.12. The van der Waals surface area contributed by atoms with Crippen LogP contribution in [0.15, 0.2) is 12.1 Å². The first-order valence-corrected chi connectivity index (χ1v) is 3.48. The summed E-state index contributed by atoms with van der Waals surface area (Å²) >= 11 is 0. The van der Waals surface area contributed by atoms with Crippen molar-refractivity contribution < 1.29 is 0 Å². The minimum atomic E-state index is 0.699. The molecule has 0 aromatic heterocycles. The highest BCUT2D eigenvalue weighted by molar-refractivity contribution is 6.36. The Hall–Kier alpha value is -1.12. The van der Waals surface area contributed by atoms with E-state index in [9.17, 15) is 0 Å². The maximum Gasteiger partial charge on any atom is 0.116 e. The Morgan fingerprint density at radius 2 is 2.09 bits per heavy atom. The molecular formula is C8H11BN2. The van der Waals surface area contributed by atoms with Gasteiger partial charge in [0.2, 0.25) is 0 Å². The zero-order chi connectivity index (χ0) is 8.43. The van der Waals surface area contributed by atoms with Crippen LogP contribution in [0.4, 0.5) is 11.4 Å². The van der Waals surface area contributed by atoms with Crippen molar-refractivity contribution in [3.63, 3.8) is 0 Å². The summed E-state index contributed by atoms with van der Waals surface area (Å²) in [6.45, 7) is 1.96. The maximum absolute atomic E-state index is 5.69. The molecule has 11 heavy (non-hydrogen) atoms. The molecule has 56 valence electrons. The number of aryl methyl sites for hydroxylation is 1. The molecule has 0 aliphatic carbocycles. The summed E-state index contributed by atoms with van der Waals surface area (Å²) in [4.78, 5) is 0. The van der Waals surface area contributed by atoms with Crippen LogP contribution < -0.4 is 16.5 Å². The third-order valence-electron chi connectivity index (χ3n) is 1.59. The summed E-state index contributed by atoms with van der Waals surface area (Å²) in [6.07, 6.45) is 0. The molecule has 0 aliphatic rings. The number of nitrogens with two attached hydrogens (primary N) is 1. The molecule has 0 heterocycles. The number of nitrogens with one attached hydrogen (secondary N) is 1. The van der Waals surface area contributed by atoms with Gasteiger partial charge in [0.15, 0.2) is 0 Å². The highest BCUT2D eigenvalue weighted by Crippen LogP contribution is 2.15. The van der Waals surface area contributed by atoms with Crippen molar-refractivity contribution in [1.29, 1.82) is 0 Å². The number of anilines is 2. The first-order valence-electron chi connectivity index (χ1n) is 3.48. The molecule has 2 nitrogen and oxygen atoms in total. The van der Waals surface area contributed by atoms with Gasteiger partial charge < -0.3 is 11.1 Å². The summed E-state index contributed by atoms with van der Waals surface area (Å²) < 4.78 is 0. The molecule has 3 heteroatoms. The first-order chi connectivity index (χ1) is 5.15. The van der Waals surface area contributed by atoms with Gasteiger partial charge in [-0.3, -0.25) is 0 Å². The standard InChI is InChI=1S/C8H11BN2/c1-5-3-6(9)8(11-2)7(10)4-5/h3-4,11H,10H2,1-2H3. The maximum atomic E-state index is 5.69. The predicted molar refractivity (Wildman–Crippen MR) is 50.5 cm³/mol. The van der Waals surface area contributed by atoms with E-state index in [2.05, 4.69) is 5.32 Å². The van der Waals surface area contributed by atoms with E-state index < -0.39 is 0 Å². The molecule has 0 aliphatic heterocycles. The first kappa shape index (κ1) is 7.99. The molecule has 0 spiro atoms. The largest absolute Gasteiger partial charge is 0.397 e. The fourth-order valence-electron chi connectivity index (χ4n) is 1.13. The van der Waals surface area contributed by atoms with E-state index in [1.165, 1.54) is 0 Å². The average molecular weight is 146 g/mol. The minimum Gasteiger partial charge on any atom is -0.397 e. The van der Waals surface area contributed by atoms with Gasteiger partial charge in [-0.1, -0.05) is 11.5 Å². The van der Waals surface area contributed by atoms with Crippen molar-refractivity contribution in [3.05, 3.63) is 17.7 Å². The molecule has 0 saturated heterocycles. The summed E-state index contributed by atoms with van der Waals surface area (Å²) in [5, 5.41) is 2.94. The van der Waals surface area contributed by atoms with Crippen molar-refractivity contribution in [2.75, 3.05) is 18.1 Å². The van der Waals surface area contributed by atoms with E-state index in [-0.39, 0.29) is 0 Å². The minimum absolute atomic E-state index is 0.699. The fourth-order valence-corrected chi connectivity index (χ4v) is 1.13. The van der Waals surface area contributed by atoms with Crippen molar-refractivity contribution in [1.82, 2.24) is 0 Å². The highest BCUT2D eigenvalue weighted by atomic mass is 14.8. The van der Waals surface area contributed by atoms with Gasteiger partial charge in [0, 0.05) is 12.7 Å². The second-order valence-electron chi connectivity index (χ2n) is 2.57. The Morgan fingerprint density at radius 3 is 2.55 bits per heavy atom. The molecular weight excluding hydrogens is 135 g/mol. The molecule has 0 saturated carbocycles. The molecule has 1 aromatic carbocycles. The molecule has 3 N–H and O–H groups in total. The number of benzene rings is 1. The van der Waals surface area contributed by atoms with Crippen molar-refractivity contribution in [2.24, 2.45) is 0 Å². The van der Waals surface area contributed by atoms with Crippen LogP contribution in [-0.2, 0) is 0 Å². The lowest BCUT2D eigenvalue weighted by molar-refractivity contribution is 1.46. The van der Waals surface area contributed by atoms with Gasteiger partial charge in [-0.15, -0.1) is 0 Å². The van der Waals surface area contributed by atoms with Crippen LogP contribution in [0.25, 0.3) is 0 Å². The van der Waals surface area contributed by atoms with Crippen LogP contribution in [0.2, 0.25) is 0 Å². The molecule has 0 amide bonds. The number of hydrogen-bond donors (Lipinski definition) is 2. The smallest absolute Gasteiger partial charge is 0.116 e. The van der Waals surface area contributed by atoms with E-state index >= 15 is 0 Å². The van der Waals surface area contributed by atoms with Crippen LogP contribution in [-0.4, -0.2) is 14.9 Å². The van der Waals surface area contributed by atoms with Crippen LogP contribution in [0.5, 0.6) is 0 Å². The SMILES string of the molecule is [B]c1cc(C)cc(N)c1NC. The number of nitrogen functional groups attached to an aromatic ring is 1. The Kier molecular flexibility index (Phi) is 2.08. The summed E-state index contributed by atoms with van der Waals surface area (Å²) in [5.41, 5.74) is 8.99. The lowest BCUT2D eigenvalue weighted by Gasteiger charge is -2.09. The highest BCUT2D eigenvalue weighted by Gasteiger charge is 1.99. The van der Waals surface area contributed by atoms with Gasteiger partial charge in [-0.25, -0.2) is 0 Å². The zero-order valence-electron chi connectivity index (χ0n) is 6.81. The van der Waals surface area contributed by atoms with Crippen LogP contribution in [0, 0.1) is 6.92 Å². The Morgan fingerprint density at radius 1 is 1.45 bits per heavy atom. The average Bonchev–Trinajstić information content (AvgIpc) is 1.85. The summed E-state index contributed by atoms with van der Waals surface area (Å²) in [5.74, 6) is 0. The number of hydrogen-bond acceptors (Lipinski definition) is 2. The predicted octanol–water partition coefficient (Wildman–Crippen LogP) is 0.413. The molecule has 1 rings (SSSR count). The normalized spacial score (nSPS) is 9.64. The lowest BCUT2D eigenvalue weighted by atomic mass is 9.91. The van der Waals surface area contributed by atoms with Gasteiger partial charge in [0.25, 0.3) is 0 Å². The van der Waals surface area contributed by atoms with E-state index in [1.54, 1.807) is 7.05 Å². The van der Waals surface area contributed by atoms with Crippen LogP contribution in [0.3, 0.4) is 0 Å². The second kappa shape index (κ2) is 2.87. The van der Waals surface area contributed by atoms with Crippen LogP contribution in [0.1, 0.15) is 5.56 Å². The second-order valence-corrected chi connectivity index (χ2v) is 2.57. The Labute approximate surface area is 68.2 Å². The third kappa shape index (κ3) is 1.48. The third-order valence-corrected chi connectivity index (χ3v) is 1.59. The molecule has 0 unspecified atom stereocenters. The molecule has 0 fully saturated rings. The molecule has 0 bridgehead atoms. The van der Waals surface area contributed by atoms with E-state index in [4.69, 9.17) is 13.6 Å². The Bertz CT molecular complexity index is 248. The van der Waals surface area contributed by atoms with E-state index in [0.29, 0.717) is 11.2 Å². The van der Waals surface area contributed by atoms with Gasteiger partial charge in [0.1, 0.15) is 7.85 Å². The van der Waals surface area contributed by atoms with Crippen molar-refractivity contribution >= 4 is 24.7 Å².